The highest BCUT2D eigenvalue weighted by atomic mass is 32.2. The van der Waals surface area contributed by atoms with E-state index in [0.29, 0.717) is 0 Å². The zero-order chi connectivity index (χ0) is 33.4. The summed E-state index contributed by atoms with van der Waals surface area (Å²) < 4.78 is 142. The van der Waals surface area contributed by atoms with Crippen LogP contribution in [0.3, 0.4) is 0 Å². The molecule has 0 saturated heterocycles. The molecule has 1 heterocycles. The van der Waals surface area contributed by atoms with Crippen molar-refractivity contribution in [2.75, 3.05) is 0 Å². The zero-order valence-electron chi connectivity index (χ0n) is 22.1. The van der Waals surface area contributed by atoms with Gasteiger partial charge in [-0.3, -0.25) is 0 Å². The molecule has 5 rings (SSSR count). The molecule has 0 N–H and O–H groups in total. The highest BCUT2D eigenvalue weighted by Crippen LogP contribution is 2.54. The fourth-order valence-corrected chi connectivity index (χ4v) is 6.83. The first kappa shape index (κ1) is 34.3. The van der Waals surface area contributed by atoms with Gasteiger partial charge < -0.3 is 8.97 Å². The van der Waals surface area contributed by atoms with Gasteiger partial charge in [-0.2, -0.15) is 39.5 Å². The lowest BCUT2D eigenvalue weighted by molar-refractivity contribution is -0.382. The molecule has 0 aliphatic rings. The van der Waals surface area contributed by atoms with Crippen molar-refractivity contribution >= 4 is 55.2 Å². The fraction of sp³-hybridized carbons (Fsp3) is 0.138. The molecule has 16 heteroatoms. The summed E-state index contributed by atoms with van der Waals surface area (Å²) in [7, 11) is -7.62. The number of halogens is 9. The van der Waals surface area contributed by atoms with Crippen LogP contribution in [0.2, 0.25) is 0 Å². The summed E-state index contributed by atoms with van der Waals surface area (Å²) in [5.41, 5.74) is 1.66. The molecule has 0 bridgehead atoms. The van der Waals surface area contributed by atoms with E-state index in [1.54, 1.807) is 0 Å². The maximum atomic E-state index is 12.2. The standard InChI is InChI=1S/C25H17OS2.C4HF9O3S/c27-25-21-13-7-8-14-23(21)26-24-16-15-20(17-22(24)25)28(18-9-3-1-4-10-18)19-11-5-2-6-12-19;5-1(6,3(9,10)11)2(7,8)4(12,13)17(14,15)16/h1-17H;(H,14,15,16)/q+1;/p-1. The van der Waals surface area contributed by atoms with Crippen LogP contribution in [-0.2, 0) is 21.0 Å². The summed E-state index contributed by atoms with van der Waals surface area (Å²) in [6, 6.07) is 35.7. The van der Waals surface area contributed by atoms with Crippen molar-refractivity contribution in [1.82, 2.24) is 0 Å². The number of fused-ring (bicyclic) bond motifs is 2. The molecule has 4 nitrogen and oxygen atoms in total. The first-order valence-corrected chi connectivity index (χ1v) is 15.3. The quantitative estimate of drug-likeness (QED) is 0.0582. The molecule has 1 aromatic heterocycles. The predicted molar refractivity (Wildman–Crippen MR) is 150 cm³/mol. The molecule has 0 amide bonds. The van der Waals surface area contributed by atoms with Crippen LogP contribution in [-0.4, -0.2) is 36.2 Å². The molecule has 0 spiro atoms. The van der Waals surface area contributed by atoms with Gasteiger partial charge in [0.1, 0.15) is 11.2 Å². The van der Waals surface area contributed by atoms with E-state index in [-0.39, 0.29) is 10.9 Å². The lowest BCUT2D eigenvalue weighted by Gasteiger charge is -2.34. The van der Waals surface area contributed by atoms with Crippen LogP contribution in [0, 0.1) is 4.51 Å². The lowest BCUT2D eigenvalue weighted by atomic mass is 10.1. The molecule has 0 aliphatic heterocycles. The van der Waals surface area contributed by atoms with E-state index < -0.39 is 33.4 Å². The Balaban J connectivity index is 0.000000236. The molecule has 0 saturated carbocycles. The predicted octanol–water partition coefficient (Wildman–Crippen LogP) is 9.37. The number of para-hydroxylation sites is 1. The van der Waals surface area contributed by atoms with Crippen LogP contribution < -0.4 is 0 Å². The van der Waals surface area contributed by atoms with Crippen molar-refractivity contribution in [3.05, 3.63) is 108 Å². The summed E-state index contributed by atoms with van der Waals surface area (Å²) in [6.07, 6.45) is -7.16. The van der Waals surface area contributed by atoms with Gasteiger partial charge in [0.05, 0.1) is 15.4 Å². The summed E-state index contributed by atoms with van der Waals surface area (Å²) >= 11 is 5.82. The largest absolute Gasteiger partial charge is 0.743 e. The van der Waals surface area contributed by atoms with Crippen molar-refractivity contribution in [3.63, 3.8) is 0 Å². The average Bonchev–Trinajstić information content (AvgIpc) is 2.98. The van der Waals surface area contributed by atoms with Gasteiger partial charge >= 0.3 is 23.3 Å². The smallest absolute Gasteiger partial charge is 0.460 e. The normalized spacial score (nSPS) is 13.1. The number of alkyl halides is 9. The molecule has 0 radical (unpaired) electrons. The highest BCUT2D eigenvalue weighted by molar-refractivity contribution is 7.97. The minimum atomic E-state index is -7.43. The SMILES string of the molecule is O=S(=O)([O-])C(F)(F)C(F)(F)C(F)(F)C(F)(F)F.S=c1c2ccccc2oc2ccc([S+](c3ccccc3)c3ccccc3)cc12. The van der Waals surface area contributed by atoms with Crippen molar-refractivity contribution in [2.24, 2.45) is 0 Å². The Labute approximate surface area is 257 Å². The monoisotopic (exact) mass is 696 g/mol. The Hall–Kier alpha value is -3.60. The minimum absolute atomic E-state index is 0.201. The Morgan fingerprint density at radius 3 is 1.56 bits per heavy atom. The van der Waals surface area contributed by atoms with Crippen molar-refractivity contribution in [3.8, 4) is 0 Å². The third-order valence-corrected chi connectivity index (χ3v) is 9.71. The fourth-order valence-electron chi connectivity index (χ4n) is 3.95. The van der Waals surface area contributed by atoms with Crippen LogP contribution >= 0.6 is 12.2 Å². The van der Waals surface area contributed by atoms with Crippen LogP contribution in [0.5, 0.6) is 0 Å². The molecule has 0 fully saturated rings. The van der Waals surface area contributed by atoms with Crippen LogP contribution in [0.4, 0.5) is 39.5 Å². The minimum Gasteiger partial charge on any atom is -0.743 e. The van der Waals surface area contributed by atoms with Gasteiger partial charge in [0, 0.05) is 16.8 Å². The second-order valence-electron chi connectivity index (χ2n) is 9.14. The molecule has 4 aromatic carbocycles. The van der Waals surface area contributed by atoms with Gasteiger partial charge in [-0.1, -0.05) is 60.7 Å². The molecule has 5 aromatic rings. The van der Waals surface area contributed by atoms with E-state index >= 15 is 0 Å². The number of hydrogen-bond acceptors (Lipinski definition) is 5. The maximum Gasteiger partial charge on any atom is 0.460 e. The Bertz CT molecular complexity index is 1940. The second-order valence-corrected chi connectivity index (χ2v) is 13.0. The van der Waals surface area contributed by atoms with E-state index in [1.165, 1.54) is 14.7 Å². The lowest BCUT2D eigenvalue weighted by Crippen LogP contribution is -2.63. The van der Waals surface area contributed by atoms with Gasteiger partial charge in [-0.15, -0.1) is 0 Å². The van der Waals surface area contributed by atoms with Crippen LogP contribution in [0.25, 0.3) is 21.9 Å². The van der Waals surface area contributed by atoms with Gasteiger partial charge in [0.25, 0.3) is 0 Å². The zero-order valence-corrected chi connectivity index (χ0v) is 24.5. The van der Waals surface area contributed by atoms with E-state index in [4.69, 9.17) is 16.6 Å². The van der Waals surface area contributed by atoms with Crippen LogP contribution in [0.15, 0.2) is 122 Å². The Morgan fingerprint density at radius 1 is 0.600 bits per heavy atom. The summed E-state index contributed by atoms with van der Waals surface area (Å²) in [6.45, 7) is 0. The first-order valence-electron chi connectivity index (χ1n) is 12.3. The number of rotatable bonds is 6. The van der Waals surface area contributed by atoms with Gasteiger partial charge in [-0.05, 0) is 48.5 Å². The van der Waals surface area contributed by atoms with Crippen molar-refractivity contribution < 1.29 is 56.9 Å². The van der Waals surface area contributed by atoms with Crippen LogP contribution in [0.1, 0.15) is 0 Å². The number of hydrogen-bond donors (Lipinski definition) is 0. The summed E-state index contributed by atoms with van der Waals surface area (Å²) in [4.78, 5) is 3.81. The van der Waals surface area contributed by atoms with E-state index in [1.807, 2.05) is 24.3 Å². The summed E-state index contributed by atoms with van der Waals surface area (Å²) in [5, 5.41) is -5.13. The molecule has 238 valence electrons. The topological polar surface area (TPSA) is 70.3 Å². The Morgan fingerprint density at radius 2 is 1.07 bits per heavy atom. The maximum absolute atomic E-state index is 12.2. The highest BCUT2D eigenvalue weighted by Gasteiger charge is 2.83. The van der Waals surface area contributed by atoms with Gasteiger partial charge in [0.2, 0.25) is 0 Å². The average molecular weight is 697 g/mol. The van der Waals surface area contributed by atoms with E-state index in [2.05, 4.69) is 78.9 Å². The molecule has 0 atom stereocenters. The first-order chi connectivity index (χ1) is 20.8. The van der Waals surface area contributed by atoms with Crippen molar-refractivity contribution in [1.29, 1.82) is 0 Å². The molecular weight excluding hydrogens is 679 g/mol. The summed E-state index contributed by atoms with van der Waals surface area (Å²) in [5.74, 6) is -14.8. The van der Waals surface area contributed by atoms with Crippen molar-refractivity contribution in [2.45, 2.75) is 38.0 Å². The number of benzene rings is 4. The van der Waals surface area contributed by atoms with Gasteiger partial charge in [0.15, 0.2) is 24.8 Å². The third-order valence-electron chi connectivity index (χ3n) is 6.17. The third kappa shape index (κ3) is 6.41. The van der Waals surface area contributed by atoms with Gasteiger partial charge in [-0.25, -0.2) is 8.42 Å². The van der Waals surface area contributed by atoms with E-state index in [9.17, 15) is 52.5 Å². The molecule has 0 unspecified atom stereocenters. The van der Waals surface area contributed by atoms with E-state index in [0.717, 1.165) is 26.4 Å². The Kier molecular flexibility index (Phi) is 9.37. The molecule has 45 heavy (non-hydrogen) atoms. The second kappa shape index (κ2) is 12.3. The molecular formula is C29H17F9O4S3. The molecule has 0 aliphatic carbocycles.